The highest BCUT2D eigenvalue weighted by molar-refractivity contribution is 8.14. The number of nitrogens with zero attached hydrogens (tertiary/aromatic N) is 1. The Hall–Kier alpha value is -5.18. The summed E-state index contributed by atoms with van der Waals surface area (Å²) in [6, 6.07) is 38.7. The SMILES string of the molecule is CCC[C@](C)(Nc1ccc(-c2ccc(/C=C3\N=C(SCC(=O)O)NC3=O)s2)cc1)c1ccc(/C=C(\c2ccccc2)c2ccc(C)c(C)c2)cc1. The van der Waals surface area contributed by atoms with E-state index in [0.717, 1.165) is 51.2 Å². The zero-order valence-corrected chi connectivity index (χ0v) is 30.8. The van der Waals surface area contributed by atoms with E-state index in [2.05, 4.69) is 146 Å². The Labute approximate surface area is 308 Å². The molecule has 5 aromatic rings. The largest absolute Gasteiger partial charge is 0.481 e. The van der Waals surface area contributed by atoms with Gasteiger partial charge in [-0.2, -0.15) is 0 Å². The van der Waals surface area contributed by atoms with Crippen LogP contribution < -0.4 is 10.6 Å². The van der Waals surface area contributed by atoms with E-state index in [1.807, 2.05) is 12.1 Å². The maximum Gasteiger partial charge on any atom is 0.313 e. The summed E-state index contributed by atoms with van der Waals surface area (Å²) in [6.45, 7) is 8.81. The van der Waals surface area contributed by atoms with Gasteiger partial charge in [0.15, 0.2) is 5.17 Å². The fraction of sp³-hybridized carbons (Fsp3) is 0.186. The normalized spacial score (nSPS) is 15.0. The number of thiophene rings is 1. The third-order valence-corrected chi connectivity index (χ3v) is 11.0. The fourth-order valence-electron chi connectivity index (χ4n) is 6.16. The van der Waals surface area contributed by atoms with Crippen LogP contribution in [0.3, 0.4) is 0 Å². The van der Waals surface area contributed by atoms with Crippen LogP contribution in [0.1, 0.15) is 64.9 Å². The van der Waals surface area contributed by atoms with Gasteiger partial charge in [-0.15, -0.1) is 11.3 Å². The van der Waals surface area contributed by atoms with Gasteiger partial charge in [-0.05, 0) is 108 Å². The van der Waals surface area contributed by atoms with E-state index in [-0.39, 0.29) is 22.9 Å². The molecule has 2 heterocycles. The summed E-state index contributed by atoms with van der Waals surface area (Å²) in [6.07, 6.45) is 6.02. The molecule has 1 aliphatic rings. The van der Waals surface area contributed by atoms with Gasteiger partial charge < -0.3 is 10.4 Å². The summed E-state index contributed by atoms with van der Waals surface area (Å²) in [7, 11) is 0. The van der Waals surface area contributed by atoms with Crippen molar-refractivity contribution in [2.75, 3.05) is 11.1 Å². The first-order valence-electron chi connectivity index (χ1n) is 17.0. The highest BCUT2D eigenvalue weighted by atomic mass is 32.2. The summed E-state index contributed by atoms with van der Waals surface area (Å²) in [5.74, 6) is -1.45. The van der Waals surface area contributed by atoms with Crippen LogP contribution in [0.15, 0.2) is 120 Å². The molecule has 0 saturated carbocycles. The third-order valence-electron chi connectivity index (χ3n) is 9.01. The molecule has 0 saturated heterocycles. The number of amidine groups is 1. The van der Waals surface area contributed by atoms with E-state index in [4.69, 9.17) is 5.11 Å². The number of nitrogens with one attached hydrogen (secondary N) is 2. The molecule has 0 spiro atoms. The van der Waals surface area contributed by atoms with Gasteiger partial charge in [0, 0.05) is 15.4 Å². The topological polar surface area (TPSA) is 90.8 Å². The van der Waals surface area contributed by atoms with Gasteiger partial charge in [0.05, 0.1) is 11.3 Å². The lowest BCUT2D eigenvalue weighted by atomic mass is 9.86. The molecule has 3 N–H and O–H groups in total. The van der Waals surface area contributed by atoms with Crippen LogP contribution in [0.25, 0.3) is 28.2 Å². The van der Waals surface area contributed by atoms with E-state index >= 15 is 0 Å². The number of anilines is 1. The molecule has 1 amide bonds. The fourth-order valence-corrected chi connectivity index (χ4v) is 7.69. The average Bonchev–Trinajstić information content (AvgIpc) is 3.74. The van der Waals surface area contributed by atoms with Gasteiger partial charge in [0.2, 0.25) is 0 Å². The van der Waals surface area contributed by atoms with Crippen molar-refractivity contribution in [3.8, 4) is 10.4 Å². The minimum absolute atomic E-state index is 0.160. The predicted molar refractivity (Wildman–Crippen MR) is 215 cm³/mol. The van der Waals surface area contributed by atoms with Crippen molar-refractivity contribution in [2.45, 2.75) is 46.1 Å². The number of benzene rings is 4. The second-order valence-corrected chi connectivity index (χ2v) is 15.0. The number of rotatable bonds is 12. The number of carboxylic acid groups (broad SMARTS) is 1. The summed E-state index contributed by atoms with van der Waals surface area (Å²) in [4.78, 5) is 29.4. The van der Waals surface area contributed by atoms with Gasteiger partial charge in [-0.1, -0.05) is 110 Å². The first-order chi connectivity index (χ1) is 24.6. The Morgan fingerprint density at radius 2 is 1.67 bits per heavy atom. The Morgan fingerprint density at radius 3 is 2.35 bits per heavy atom. The van der Waals surface area contributed by atoms with Crippen LogP contribution in [0.5, 0.6) is 0 Å². The molecule has 258 valence electrons. The van der Waals surface area contributed by atoms with Gasteiger partial charge >= 0.3 is 5.97 Å². The molecule has 1 aromatic heterocycles. The van der Waals surface area contributed by atoms with Crippen LogP contribution in [0.4, 0.5) is 5.69 Å². The van der Waals surface area contributed by atoms with E-state index in [1.54, 1.807) is 17.4 Å². The molecule has 8 heteroatoms. The summed E-state index contributed by atoms with van der Waals surface area (Å²) < 4.78 is 0. The molecule has 0 fully saturated rings. The Kier molecular flexibility index (Phi) is 11.0. The number of carbonyl (C=O) groups is 2. The van der Waals surface area contributed by atoms with Crippen molar-refractivity contribution in [3.63, 3.8) is 0 Å². The lowest BCUT2D eigenvalue weighted by molar-refractivity contribution is -0.133. The number of hydrogen-bond acceptors (Lipinski definition) is 6. The highest BCUT2D eigenvalue weighted by Crippen LogP contribution is 2.35. The van der Waals surface area contributed by atoms with Crippen LogP contribution in [-0.4, -0.2) is 27.9 Å². The molecule has 0 bridgehead atoms. The number of amides is 1. The zero-order valence-electron chi connectivity index (χ0n) is 29.2. The predicted octanol–water partition coefficient (Wildman–Crippen LogP) is 10.4. The van der Waals surface area contributed by atoms with Crippen molar-refractivity contribution >= 4 is 63.6 Å². The van der Waals surface area contributed by atoms with Gasteiger partial charge in [0.25, 0.3) is 5.91 Å². The molecule has 6 rings (SSSR count). The zero-order chi connectivity index (χ0) is 36.0. The molecule has 0 radical (unpaired) electrons. The lowest BCUT2D eigenvalue weighted by Crippen LogP contribution is -2.31. The lowest BCUT2D eigenvalue weighted by Gasteiger charge is -2.33. The quantitative estimate of drug-likeness (QED) is 0.0885. The number of aryl methyl sites for hydroxylation is 2. The van der Waals surface area contributed by atoms with Crippen LogP contribution in [-0.2, 0) is 15.1 Å². The van der Waals surface area contributed by atoms with E-state index in [0.29, 0.717) is 5.17 Å². The number of aliphatic imine (C=N–C) groups is 1. The molecular weight excluding hydrogens is 671 g/mol. The maximum atomic E-state index is 12.3. The number of thioether (sulfide) groups is 1. The average molecular weight is 712 g/mol. The molecule has 4 aromatic carbocycles. The van der Waals surface area contributed by atoms with Gasteiger partial charge in [-0.25, -0.2) is 4.99 Å². The van der Waals surface area contributed by atoms with Crippen molar-refractivity contribution in [3.05, 3.63) is 153 Å². The smallest absolute Gasteiger partial charge is 0.313 e. The summed E-state index contributed by atoms with van der Waals surface area (Å²) in [5, 5.41) is 15.7. The maximum absolute atomic E-state index is 12.3. The van der Waals surface area contributed by atoms with E-state index < -0.39 is 5.97 Å². The Bertz CT molecular complexity index is 2130. The Balaban J connectivity index is 1.18. The van der Waals surface area contributed by atoms with Crippen molar-refractivity contribution in [2.24, 2.45) is 4.99 Å². The minimum atomic E-state index is -0.960. The van der Waals surface area contributed by atoms with Crippen LogP contribution in [0.2, 0.25) is 0 Å². The van der Waals surface area contributed by atoms with Crippen LogP contribution >= 0.6 is 23.1 Å². The first-order valence-corrected chi connectivity index (χ1v) is 18.8. The van der Waals surface area contributed by atoms with Crippen molar-refractivity contribution in [1.29, 1.82) is 0 Å². The number of carboxylic acids is 1. The van der Waals surface area contributed by atoms with Crippen LogP contribution in [0, 0.1) is 13.8 Å². The molecule has 1 atom stereocenters. The monoisotopic (exact) mass is 711 g/mol. The second kappa shape index (κ2) is 15.8. The minimum Gasteiger partial charge on any atom is -0.481 e. The van der Waals surface area contributed by atoms with Gasteiger partial charge in [0.1, 0.15) is 5.70 Å². The van der Waals surface area contributed by atoms with E-state index in [9.17, 15) is 9.59 Å². The number of hydrogen-bond donors (Lipinski definition) is 3. The van der Waals surface area contributed by atoms with Crippen molar-refractivity contribution < 1.29 is 14.7 Å². The number of carbonyl (C=O) groups excluding carboxylic acids is 1. The van der Waals surface area contributed by atoms with E-state index in [1.165, 1.54) is 33.4 Å². The molecule has 6 nitrogen and oxygen atoms in total. The Morgan fingerprint density at radius 1 is 0.922 bits per heavy atom. The molecule has 51 heavy (non-hydrogen) atoms. The first kappa shape index (κ1) is 35.6. The highest BCUT2D eigenvalue weighted by Gasteiger charge is 2.26. The molecule has 1 aliphatic heterocycles. The standard InChI is InChI=1S/C43H41N3O3S2/c1-5-23-43(4,34-17-12-30(13-18-34)25-37(31-9-7-6-8-10-31)33-14-11-28(2)29(3)24-33)46-35-19-15-32(16-20-35)39-22-21-36(51-39)26-38-41(49)45-42(44-38)50-27-40(47)48/h6-22,24-26,46H,5,23,27H2,1-4H3,(H,47,48)(H,44,45,49)/b37-25+,38-26-/t43-/m0/s1. The molecule has 0 aliphatic carbocycles. The molecular formula is C43H41N3O3S2. The van der Waals surface area contributed by atoms with Crippen molar-refractivity contribution in [1.82, 2.24) is 5.32 Å². The summed E-state index contributed by atoms with van der Waals surface area (Å²) >= 11 is 2.56. The molecule has 0 unspecified atom stereocenters. The summed E-state index contributed by atoms with van der Waals surface area (Å²) in [5.41, 5.74) is 10.7. The second-order valence-electron chi connectivity index (χ2n) is 12.9. The number of aliphatic carboxylic acids is 1. The third kappa shape index (κ3) is 8.77. The van der Waals surface area contributed by atoms with Gasteiger partial charge in [-0.3, -0.25) is 14.9 Å².